The molecule has 0 nitrogen and oxygen atoms in total. The summed E-state index contributed by atoms with van der Waals surface area (Å²) >= 11 is -1.61. The van der Waals surface area contributed by atoms with Gasteiger partial charge in [0.25, 0.3) is 0 Å². The number of allylic oxidation sites excluding steroid dienone is 4. The molecule has 1 atom stereocenters. The van der Waals surface area contributed by atoms with Gasteiger partial charge in [-0.3, -0.25) is 0 Å². The molecule has 0 aliphatic heterocycles. The third kappa shape index (κ3) is 1.92. The van der Waals surface area contributed by atoms with Gasteiger partial charge in [-0.1, -0.05) is 0 Å². The van der Waals surface area contributed by atoms with Gasteiger partial charge in [0.1, 0.15) is 0 Å². The van der Waals surface area contributed by atoms with Crippen molar-refractivity contribution < 1.29 is 16.6 Å². The van der Waals surface area contributed by atoms with Crippen molar-refractivity contribution in [3.8, 4) is 0 Å². The van der Waals surface area contributed by atoms with Crippen LogP contribution in [0.1, 0.15) is 39.5 Å². The van der Waals surface area contributed by atoms with E-state index in [4.69, 9.17) is 0 Å². The number of hydrogen-bond acceptors (Lipinski definition) is 0. The Morgan fingerprint density at radius 2 is 1.67 bits per heavy atom. The van der Waals surface area contributed by atoms with Crippen molar-refractivity contribution in [2.24, 2.45) is 5.92 Å². The van der Waals surface area contributed by atoms with E-state index in [0.29, 0.717) is 0 Å². The van der Waals surface area contributed by atoms with Crippen molar-refractivity contribution in [3.05, 3.63) is 20.6 Å². The fourth-order valence-corrected chi connectivity index (χ4v) is 8.00. The number of rotatable bonds is 1. The van der Waals surface area contributed by atoms with Crippen LogP contribution in [-0.4, -0.2) is 0 Å². The molecule has 0 amide bonds. The summed E-state index contributed by atoms with van der Waals surface area (Å²) in [5.74, 6) is 0.806. The third-order valence-corrected chi connectivity index (χ3v) is 7.92. The molecule has 0 spiro atoms. The van der Waals surface area contributed by atoms with E-state index in [1.54, 1.807) is 11.1 Å². The SMILES string of the molecule is CC1=[C]([Ti]([CH3])([CH3])[CH3])C(C)C2=C1CCCC2. The molecule has 0 heterocycles. The van der Waals surface area contributed by atoms with Crippen molar-refractivity contribution in [1.29, 1.82) is 0 Å². The topological polar surface area (TPSA) is 0 Å². The maximum atomic E-state index is 2.55. The van der Waals surface area contributed by atoms with Crippen LogP contribution in [0.25, 0.3) is 0 Å². The third-order valence-electron chi connectivity index (χ3n) is 4.13. The average molecular weight is 240 g/mol. The molecule has 2 aliphatic carbocycles. The summed E-state index contributed by atoms with van der Waals surface area (Å²) in [4.78, 5) is 0. The first-order chi connectivity index (χ1) is 6.93. The molecule has 15 heavy (non-hydrogen) atoms. The van der Waals surface area contributed by atoms with Gasteiger partial charge >= 0.3 is 98.3 Å². The molecular formula is C14H24Ti. The normalized spacial score (nSPS) is 27.4. The van der Waals surface area contributed by atoms with Crippen LogP contribution in [0.3, 0.4) is 0 Å². The van der Waals surface area contributed by atoms with Gasteiger partial charge in [-0.15, -0.1) is 0 Å². The minimum atomic E-state index is -1.61. The summed E-state index contributed by atoms with van der Waals surface area (Å²) in [7, 11) is 0. The second-order valence-electron chi connectivity index (χ2n) is 6.22. The average Bonchev–Trinajstić information content (AvgIpc) is 2.39. The van der Waals surface area contributed by atoms with Crippen LogP contribution in [0.2, 0.25) is 15.7 Å². The maximum absolute atomic E-state index is 2.55. The van der Waals surface area contributed by atoms with Crippen molar-refractivity contribution in [3.63, 3.8) is 0 Å². The fourth-order valence-electron chi connectivity index (χ4n) is 3.71. The molecule has 0 radical (unpaired) electrons. The van der Waals surface area contributed by atoms with Crippen molar-refractivity contribution in [2.45, 2.75) is 55.2 Å². The molecule has 1 unspecified atom stereocenters. The Hall–Kier alpha value is 0.194. The van der Waals surface area contributed by atoms with Gasteiger partial charge in [-0.05, 0) is 0 Å². The molecule has 84 valence electrons. The second kappa shape index (κ2) is 3.89. The van der Waals surface area contributed by atoms with E-state index in [0.717, 1.165) is 5.92 Å². The molecule has 0 aromatic heterocycles. The minimum absolute atomic E-state index is 0.806. The van der Waals surface area contributed by atoms with Gasteiger partial charge < -0.3 is 0 Å². The molecule has 1 heteroatoms. The molecule has 0 aromatic carbocycles. The molecule has 2 rings (SSSR count). The van der Waals surface area contributed by atoms with Gasteiger partial charge in [0.2, 0.25) is 0 Å². The molecule has 0 saturated carbocycles. The van der Waals surface area contributed by atoms with Gasteiger partial charge in [-0.2, -0.15) is 0 Å². The summed E-state index contributed by atoms with van der Waals surface area (Å²) in [6.45, 7) is 4.86. The Labute approximate surface area is 98.2 Å². The molecule has 0 bridgehead atoms. The Bertz CT molecular complexity index is 339. The molecule has 2 aliphatic rings. The molecule has 0 aromatic rings. The molecular weight excluding hydrogens is 216 g/mol. The summed E-state index contributed by atoms with van der Waals surface area (Å²) in [5.41, 5.74) is 5.29. The van der Waals surface area contributed by atoms with E-state index in [2.05, 4.69) is 29.5 Å². The van der Waals surface area contributed by atoms with E-state index in [1.807, 2.05) is 9.45 Å². The predicted octanol–water partition coefficient (Wildman–Crippen LogP) is 5.08. The van der Waals surface area contributed by atoms with Crippen LogP contribution in [0.4, 0.5) is 0 Å². The van der Waals surface area contributed by atoms with Crippen LogP contribution < -0.4 is 0 Å². The van der Waals surface area contributed by atoms with Gasteiger partial charge in [0, 0.05) is 0 Å². The molecule has 0 fully saturated rings. The quantitative estimate of drug-likeness (QED) is 0.561. The molecule has 0 saturated heterocycles. The fraction of sp³-hybridized carbons (Fsp3) is 0.714. The Kier molecular flexibility index (Phi) is 3.03. The van der Waals surface area contributed by atoms with Crippen molar-refractivity contribution >= 4 is 0 Å². The Morgan fingerprint density at radius 3 is 2.20 bits per heavy atom. The van der Waals surface area contributed by atoms with E-state index >= 15 is 0 Å². The van der Waals surface area contributed by atoms with Gasteiger partial charge in [0.05, 0.1) is 0 Å². The van der Waals surface area contributed by atoms with E-state index in [1.165, 1.54) is 25.7 Å². The Morgan fingerprint density at radius 1 is 1.07 bits per heavy atom. The van der Waals surface area contributed by atoms with E-state index in [9.17, 15) is 0 Å². The van der Waals surface area contributed by atoms with E-state index < -0.39 is 16.6 Å². The summed E-state index contributed by atoms with van der Waals surface area (Å²) < 4.78 is 1.89. The van der Waals surface area contributed by atoms with Crippen LogP contribution in [0.5, 0.6) is 0 Å². The van der Waals surface area contributed by atoms with Crippen LogP contribution in [0.15, 0.2) is 20.6 Å². The summed E-state index contributed by atoms with van der Waals surface area (Å²) in [6, 6.07) is 0. The van der Waals surface area contributed by atoms with Crippen molar-refractivity contribution in [1.82, 2.24) is 0 Å². The van der Waals surface area contributed by atoms with E-state index in [-0.39, 0.29) is 0 Å². The van der Waals surface area contributed by atoms with Crippen LogP contribution in [-0.2, 0) is 16.6 Å². The zero-order chi connectivity index (χ0) is 11.2. The second-order valence-corrected chi connectivity index (χ2v) is 14.1. The first kappa shape index (κ1) is 11.7. The zero-order valence-electron chi connectivity index (χ0n) is 10.9. The van der Waals surface area contributed by atoms with Crippen molar-refractivity contribution in [2.75, 3.05) is 0 Å². The summed E-state index contributed by atoms with van der Waals surface area (Å²) in [6.07, 6.45) is 5.61. The summed E-state index contributed by atoms with van der Waals surface area (Å²) in [5, 5.41) is 7.65. The first-order valence-corrected chi connectivity index (χ1v) is 11.8. The monoisotopic (exact) mass is 240 g/mol. The zero-order valence-corrected chi connectivity index (χ0v) is 12.5. The standard InChI is InChI=1S/C11H15.3CH3.Ti/c1-8-7-9(2)11-6-4-3-5-10(8)11;;;;/h8H,3-6H2,1-2H3;3*1H3;. The first-order valence-electron chi connectivity index (χ1n) is 6.36. The van der Waals surface area contributed by atoms with Gasteiger partial charge in [-0.25, -0.2) is 0 Å². The van der Waals surface area contributed by atoms with Crippen LogP contribution in [0, 0.1) is 5.92 Å². The predicted molar refractivity (Wildman–Crippen MR) is 65.0 cm³/mol. The number of hydrogen-bond donors (Lipinski definition) is 0. The molecule has 0 N–H and O–H groups in total. The Balaban J connectivity index is 2.42. The van der Waals surface area contributed by atoms with Crippen LogP contribution >= 0.6 is 0 Å². The van der Waals surface area contributed by atoms with Gasteiger partial charge in [0.15, 0.2) is 0 Å².